The van der Waals surface area contributed by atoms with Gasteiger partial charge in [0, 0.05) is 18.4 Å². The first-order valence-corrected chi connectivity index (χ1v) is 11.5. The molecule has 1 saturated heterocycles. The van der Waals surface area contributed by atoms with E-state index in [1.54, 1.807) is 12.3 Å². The Labute approximate surface area is 194 Å². The van der Waals surface area contributed by atoms with Gasteiger partial charge in [-0.3, -0.25) is 9.78 Å². The second-order valence-corrected chi connectivity index (χ2v) is 8.39. The van der Waals surface area contributed by atoms with Crippen molar-refractivity contribution >= 4 is 5.78 Å². The molecule has 0 unspecified atom stereocenters. The lowest BCUT2D eigenvalue weighted by atomic mass is 9.97. The van der Waals surface area contributed by atoms with Crippen LogP contribution in [0.3, 0.4) is 0 Å². The van der Waals surface area contributed by atoms with E-state index in [0.717, 1.165) is 55.2 Å². The maximum atomic E-state index is 13.3. The van der Waals surface area contributed by atoms with Crippen molar-refractivity contribution in [1.29, 1.82) is 0 Å². The van der Waals surface area contributed by atoms with Crippen LogP contribution < -0.4 is 10.1 Å². The van der Waals surface area contributed by atoms with Crippen molar-refractivity contribution in [2.45, 2.75) is 19.4 Å². The maximum Gasteiger partial charge on any atom is 0.227 e. The highest BCUT2D eigenvalue weighted by Gasteiger charge is 2.22. The molecule has 2 aromatic heterocycles. The Bertz CT molecular complexity index is 1200. The number of nitrogens with zero attached hydrogens (tertiary/aromatic N) is 2. The maximum absolute atomic E-state index is 13.3. The van der Waals surface area contributed by atoms with Crippen LogP contribution in [0.5, 0.6) is 11.5 Å². The molecule has 0 saturated carbocycles. The molecule has 0 amide bonds. The predicted molar refractivity (Wildman–Crippen MR) is 130 cm³/mol. The zero-order chi connectivity index (χ0) is 22.5. The van der Waals surface area contributed by atoms with Gasteiger partial charge < -0.3 is 14.6 Å². The average molecular weight is 438 g/mol. The molecule has 1 N–H and O–H groups in total. The summed E-state index contributed by atoms with van der Waals surface area (Å²) < 4.78 is 8.13. The summed E-state index contributed by atoms with van der Waals surface area (Å²) in [7, 11) is 0. The number of rotatable bonds is 7. The van der Waals surface area contributed by atoms with Crippen LogP contribution in [0.25, 0.3) is 11.3 Å². The third-order valence-corrected chi connectivity index (χ3v) is 6.14. The standard InChI is InChI=1S/C28H27N3O2/c32-28(25-8-4-5-17-30-25)27-14-13-26(31(27)20-21-15-18-29-19-16-21)22-9-11-24(12-10-22)33-23-6-2-1-3-7-23/h1-14,17,21,29H,15-16,18-20H2. The molecule has 1 aliphatic heterocycles. The number of hydrogen-bond acceptors (Lipinski definition) is 4. The number of carbonyl (C=O) groups excluding carboxylic acids is 1. The van der Waals surface area contributed by atoms with E-state index in [4.69, 9.17) is 4.74 Å². The Kier molecular flexibility index (Phi) is 6.31. The molecule has 0 spiro atoms. The monoisotopic (exact) mass is 437 g/mol. The minimum Gasteiger partial charge on any atom is -0.457 e. The number of para-hydroxylation sites is 1. The van der Waals surface area contributed by atoms with E-state index >= 15 is 0 Å². The smallest absolute Gasteiger partial charge is 0.227 e. The van der Waals surface area contributed by atoms with Gasteiger partial charge in [0.25, 0.3) is 0 Å². The lowest BCUT2D eigenvalue weighted by Gasteiger charge is -2.25. The molecule has 0 radical (unpaired) electrons. The van der Waals surface area contributed by atoms with Gasteiger partial charge in [-0.15, -0.1) is 0 Å². The first kappa shape index (κ1) is 21.2. The summed E-state index contributed by atoms with van der Waals surface area (Å²) in [6.45, 7) is 2.87. The summed E-state index contributed by atoms with van der Waals surface area (Å²) in [5.41, 5.74) is 3.26. The average Bonchev–Trinajstić information content (AvgIpc) is 3.29. The van der Waals surface area contributed by atoms with Crippen molar-refractivity contribution in [1.82, 2.24) is 14.9 Å². The third-order valence-electron chi connectivity index (χ3n) is 6.14. The van der Waals surface area contributed by atoms with Crippen molar-refractivity contribution < 1.29 is 9.53 Å². The molecule has 0 atom stereocenters. The van der Waals surface area contributed by atoms with E-state index < -0.39 is 0 Å². The van der Waals surface area contributed by atoms with Gasteiger partial charge in [0.15, 0.2) is 0 Å². The van der Waals surface area contributed by atoms with Crippen LogP contribution in [-0.2, 0) is 6.54 Å². The fourth-order valence-corrected chi connectivity index (χ4v) is 4.38. The van der Waals surface area contributed by atoms with Crippen LogP contribution in [0, 0.1) is 5.92 Å². The first-order valence-electron chi connectivity index (χ1n) is 11.5. The van der Waals surface area contributed by atoms with Crippen LogP contribution in [0.1, 0.15) is 29.0 Å². The zero-order valence-electron chi connectivity index (χ0n) is 18.5. The van der Waals surface area contributed by atoms with Crippen LogP contribution in [0.4, 0.5) is 0 Å². The molecule has 1 fully saturated rings. The lowest BCUT2D eigenvalue weighted by molar-refractivity contribution is 0.102. The van der Waals surface area contributed by atoms with Crippen molar-refractivity contribution in [3.05, 3.63) is 103 Å². The van der Waals surface area contributed by atoms with E-state index in [9.17, 15) is 4.79 Å². The summed E-state index contributed by atoms with van der Waals surface area (Å²) >= 11 is 0. The van der Waals surface area contributed by atoms with Gasteiger partial charge in [0.05, 0.1) is 5.69 Å². The van der Waals surface area contributed by atoms with Crippen LogP contribution in [-0.4, -0.2) is 28.4 Å². The Balaban J connectivity index is 1.46. The van der Waals surface area contributed by atoms with Crippen molar-refractivity contribution in [2.75, 3.05) is 13.1 Å². The molecular weight excluding hydrogens is 410 g/mol. The van der Waals surface area contributed by atoms with Crippen molar-refractivity contribution in [3.63, 3.8) is 0 Å². The summed E-state index contributed by atoms with van der Waals surface area (Å²) in [5.74, 6) is 2.09. The predicted octanol–water partition coefficient (Wildman–Crippen LogP) is 5.57. The van der Waals surface area contributed by atoms with Gasteiger partial charge >= 0.3 is 0 Å². The van der Waals surface area contributed by atoms with Crippen LogP contribution in [0.2, 0.25) is 0 Å². The van der Waals surface area contributed by atoms with Crippen LogP contribution >= 0.6 is 0 Å². The van der Waals surface area contributed by atoms with Gasteiger partial charge in [-0.1, -0.05) is 24.3 Å². The van der Waals surface area contributed by atoms with E-state index in [1.807, 2.05) is 66.7 Å². The molecule has 5 nitrogen and oxygen atoms in total. The molecule has 3 heterocycles. The first-order chi connectivity index (χ1) is 16.3. The Hall–Kier alpha value is -3.70. The number of carbonyl (C=O) groups is 1. The Morgan fingerprint density at radius 1 is 0.879 bits per heavy atom. The van der Waals surface area contributed by atoms with E-state index in [-0.39, 0.29) is 5.78 Å². The number of piperidine rings is 1. The summed E-state index contributed by atoms with van der Waals surface area (Å²) in [6.07, 6.45) is 3.89. The summed E-state index contributed by atoms with van der Waals surface area (Å²) in [4.78, 5) is 17.6. The number of benzene rings is 2. The van der Waals surface area contributed by atoms with Gasteiger partial charge in [-0.25, -0.2) is 0 Å². The summed E-state index contributed by atoms with van der Waals surface area (Å²) in [5, 5.41) is 3.43. The minimum absolute atomic E-state index is 0.0418. The number of ketones is 1. The van der Waals surface area contributed by atoms with E-state index in [2.05, 4.69) is 27.0 Å². The van der Waals surface area contributed by atoms with Gasteiger partial charge in [-0.2, -0.15) is 0 Å². The van der Waals surface area contributed by atoms with E-state index in [0.29, 0.717) is 17.3 Å². The fraction of sp³-hybridized carbons (Fsp3) is 0.214. The second kappa shape index (κ2) is 9.84. The molecule has 4 aromatic rings. The largest absolute Gasteiger partial charge is 0.457 e. The topological polar surface area (TPSA) is 56.1 Å². The van der Waals surface area contributed by atoms with Gasteiger partial charge in [0.2, 0.25) is 5.78 Å². The molecule has 5 heteroatoms. The highest BCUT2D eigenvalue weighted by atomic mass is 16.5. The Morgan fingerprint density at radius 2 is 1.61 bits per heavy atom. The highest BCUT2D eigenvalue weighted by molar-refractivity contribution is 6.07. The third kappa shape index (κ3) is 4.89. The lowest BCUT2D eigenvalue weighted by Crippen LogP contribution is -2.30. The second-order valence-electron chi connectivity index (χ2n) is 8.39. The molecule has 1 aliphatic rings. The molecule has 2 aromatic carbocycles. The highest BCUT2D eigenvalue weighted by Crippen LogP contribution is 2.30. The van der Waals surface area contributed by atoms with Gasteiger partial charge in [-0.05, 0) is 98.1 Å². The number of aromatic nitrogens is 2. The zero-order valence-corrected chi connectivity index (χ0v) is 18.5. The van der Waals surface area contributed by atoms with Gasteiger partial charge in [0.1, 0.15) is 17.2 Å². The molecule has 0 aliphatic carbocycles. The Morgan fingerprint density at radius 3 is 2.33 bits per heavy atom. The number of hydrogen-bond donors (Lipinski definition) is 1. The molecule has 5 rings (SSSR count). The SMILES string of the molecule is O=C(c1ccccn1)c1ccc(-c2ccc(Oc3ccccc3)cc2)n1CC1CCNCC1. The van der Waals surface area contributed by atoms with Crippen LogP contribution in [0.15, 0.2) is 91.1 Å². The number of pyridine rings is 1. The quantitative estimate of drug-likeness (QED) is 0.384. The molecule has 0 bridgehead atoms. The number of ether oxygens (including phenoxy) is 1. The van der Waals surface area contributed by atoms with Crippen molar-refractivity contribution in [2.24, 2.45) is 5.92 Å². The number of nitrogens with one attached hydrogen (secondary N) is 1. The van der Waals surface area contributed by atoms with E-state index in [1.165, 1.54) is 0 Å². The van der Waals surface area contributed by atoms with Crippen molar-refractivity contribution in [3.8, 4) is 22.8 Å². The summed E-state index contributed by atoms with van der Waals surface area (Å²) in [6, 6.07) is 27.3. The molecule has 33 heavy (non-hydrogen) atoms. The molecular formula is C28H27N3O2. The fourth-order valence-electron chi connectivity index (χ4n) is 4.38. The molecule has 166 valence electrons. The minimum atomic E-state index is -0.0418. The normalized spacial score (nSPS) is 14.2.